The van der Waals surface area contributed by atoms with Crippen LogP contribution in [0.15, 0.2) is 18.2 Å². The lowest BCUT2D eigenvalue weighted by molar-refractivity contribution is -0.121. The van der Waals surface area contributed by atoms with E-state index in [9.17, 15) is 9.59 Å². The fourth-order valence-corrected chi connectivity index (χ4v) is 3.45. The van der Waals surface area contributed by atoms with E-state index in [1.165, 1.54) is 0 Å². The van der Waals surface area contributed by atoms with Gasteiger partial charge in [-0.05, 0) is 31.0 Å². The second-order valence-electron chi connectivity index (χ2n) is 6.42. The molecule has 1 aromatic rings. The number of amides is 2. The van der Waals surface area contributed by atoms with Gasteiger partial charge in [-0.25, -0.2) is 0 Å². The van der Waals surface area contributed by atoms with Crippen LogP contribution in [0.3, 0.4) is 0 Å². The second-order valence-corrected chi connectivity index (χ2v) is 6.82. The van der Waals surface area contributed by atoms with Gasteiger partial charge in [-0.2, -0.15) is 0 Å². The molecular formula is C17H22ClN3O3. The number of hydrogen-bond donors (Lipinski definition) is 2. The summed E-state index contributed by atoms with van der Waals surface area (Å²) >= 11 is 6.26. The minimum absolute atomic E-state index is 0.118. The van der Waals surface area contributed by atoms with Crippen LogP contribution >= 0.6 is 11.6 Å². The molecule has 0 spiro atoms. The Morgan fingerprint density at radius 1 is 1.21 bits per heavy atom. The number of nitrogens with two attached hydrogens (primary N) is 1. The number of hydrogen-bond acceptors (Lipinski definition) is 4. The summed E-state index contributed by atoms with van der Waals surface area (Å²) in [5, 5.41) is 3.14. The molecular weight excluding hydrogens is 330 g/mol. The zero-order chi connectivity index (χ0) is 17.2. The van der Waals surface area contributed by atoms with Crippen molar-refractivity contribution in [3.05, 3.63) is 28.8 Å². The Labute approximate surface area is 146 Å². The van der Waals surface area contributed by atoms with Crippen LogP contribution in [0.5, 0.6) is 0 Å². The van der Waals surface area contributed by atoms with Gasteiger partial charge < -0.3 is 20.7 Å². The summed E-state index contributed by atoms with van der Waals surface area (Å²) in [6, 6.07) is 4.94. The summed E-state index contributed by atoms with van der Waals surface area (Å²) in [5.41, 5.74) is 6.34. The van der Waals surface area contributed by atoms with Gasteiger partial charge in [0.2, 0.25) is 5.91 Å². The van der Waals surface area contributed by atoms with Gasteiger partial charge in [-0.15, -0.1) is 0 Å². The quantitative estimate of drug-likeness (QED) is 0.872. The highest BCUT2D eigenvalue weighted by molar-refractivity contribution is 6.34. The molecule has 1 saturated carbocycles. The van der Waals surface area contributed by atoms with Crippen molar-refractivity contribution in [2.24, 2.45) is 5.73 Å². The molecule has 1 heterocycles. The fourth-order valence-electron chi connectivity index (χ4n) is 3.19. The Hall–Kier alpha value is -1.63. The SMILES string of the molecule is NC1(C(=O)Nc2ccc(C(=O)N3CCOCC3)c(Cl)c2)CCCC1. The lowest BCUT2D eigenvalue weighted by Gasteiger charge is -2.27. The van der Waals surface area contributed by atoms with E-state index in [0.717, 1.165) is 12.8 Å². The van der Waals surface area contributed by atoms with Gasteiger partial charge in [-0.3, -0.25) is 9.59 Å². The topological polar surface area (TPSA) is 84.7 Å². The summed E-state index contributed by atoms with van der Waals surface area (Å²) in [6.07, 6.45) is 3.33. The van der Waals surface area contributed by atoms with Crippen molar-refractivity contribution >= 4 is 29.1 Å². The number of benzene rings is 1. The first kappa shape index (κ1) is 17.2. The molecule has 0 aromatic heterocycles. The third kappa shape index (κ3) is 3.55. The molecule has 1 aromatic carbocycles. The summed E-state index contributed by atoms with van der Waals surface area (Å²) in [6.45, 7) is 2.19. The van der Waals surface area contributed by atoms with Crippen LogP contribution in [0.1, 0.15) is 36.0 Å². The number of nitrogens with one attached hydrogen (secondary N) is 1. The molecule has 3 rings (SSSR count). The van der Waals surface area contributed by atoms with Crippen molar-refractivity contribution in [2.45, 2.75) is 31.2 Å². The molecule has 2 fully saturated rings. The van der Waals surface area contributed by atoms with Gasteiger partial charge in [0.25, 0.3) is 5.91 Å². The number of morpholine rings is 1. The lowest BCUT2D eigenvalue weighted by atomic mass is 9.98. The van der Waals surface area contributed by atoms with E-state index >= 15 is 0 Å². The van der Waals surface area contributed by atoms with E-state index < -0.39 is 5.54 Å². The Kier molecular flexibility index (Phi) is 5.08. The van der Waals surface area contributed by atoms with Gasteiger partial charge in [0.15, 0.2) is 0 Å². The third-order valence-corrected chi connectivity index (χ3v) is 5.02. The maximum absolute atomic E-state index is 12.5. The Balaban J connectivity index is 1.70. The van der Waals surface area contributed by atoms with E-state index in [1.807, 2.05) is 0 Å². The van der Waals surface area contributed by atoms with Crippen molar-refractivity contribution in [1.82, 2.24) is 4.90 Å². The predicted molar refractivity (Wildman–Crippen MR) is 92.2 cm³/mol. The minimum Gasteiger partial charge on any atom is -0.378 e. The van der Waals surface area contributed by atoms with Crippen LogP contribution in [0, 0.1) is 0 Å². The molecule has 24 heavy (non-hydrogen) atoms. The molecule has 2 aliphatic rings. The van der Waals surface area contributed by atoms with Crippen molar-refractivity contribution < 1.29 is 14.3 Å². The van der Waals surface area contributed by atoms with Crippen LogP contribution in [-0.4, -0.2) is 48.6 Å². The molecule has 3 N–H and O–H groups in total. The standard InChI is InChI=1S/C17H22ClN3O3/c18-14-11-12(20-16(23)17(19)5-1-2-6-17)3-4-13(14)15(22)21-7-9-24-10-8-21/h3-4,11H,1-2,5-10,19H2,(H,20,23). The second kappa shape index (κ2) is 7.09. The molecule has 0 radical (unpaired) electrons. The van der Waals surface area contributed by atoms with Crippen molar-refractivity contribution in [2.75, 3.05) is 31.6 Å². The van der Waals surface area contributed by atoms with Crippen LogP contribution in [-0.2, 0) is 9.53 Å². The van der Waals surface area contributed by atoms with Crippen molar-refractivity contribution in [3.8, 4) is 0 Å². The zero-order valence-electron chi connectivity index (χ0n) is 13.5. The summed E-state index contributed by atoms with van der Waals surface area (Å²) < 4.78 is 5.25. The third-order valence-electron chi connectivity index (χ3n) is 4.70. The van der Waals surface area contributed by atoms with Crippen LogP contribution in [0.25, 0.3) is 0 Å². The first-order valence-electron chi connectivity index (χ1n) is 8.26. The smallest absolute Gasteiger partial charge is 0.255 e. The van der Waals surface area contributed by atoms with Crippen molar-refractivity contribution in [3.63, 3.8) is 0 Å². The number of carbonyl (C=O) groups is 2. The molecule has 7 heteroatoms. The van der Waals surface area contributed by atoms with E-state index in [-0.39, 0.29) is 11.8 Å². The molecule has 2 amide bonds. The fraction of sp³-hybridized carbons (Fsp3) is 0.529. The normalized spacial score (nSPS) is 20.0. The average Bonchev–Trinajstić information content (AvgIpc) is 3.03. The maximum Gasteiger partial charge on any atom is 0.255 e. The van der Waals surface area contributed by atoms with E-state index in [4.69, 9.17) is 22.1 Å². The average molecular weight is 352 g/mol. The number of anilines is 1. The highest BCUT2D eigenvalue weighted by Gasteiger charge is 2.37. The Bertz CT molecular complexity index is 638. The molecule has 6 nitrogen and oxygen atoms in total. The molecule has 0 atom stereocenters. The molecule has 1 aliphatic heterocycles. The van der Waals surface area contributed by atoms with Gasteiger partial charge >= 0.3 is 0 Å². The van der Waals surface area contributed by atoms with E-state index in [1.54, 1.807) is 23.1 Å². The molecule has 130 valence electrons. The van der Waals surface area contributed by atoms with Gasteiger partial charge in [0.1, 0.15) is 0 Å². The van der Waals surface area contributed by atoms with Crippen LogP contribution in [0.2, 0.25) is 5.02 Å². The number of ether oxygens (including phenoxy) is 1. The highest BCUT2D eigenvalue weighted by atomic mass is 35.5. The Morgan fingerprint density at radius 3 is 2.50 bits per heavy atom. The largest absolute Gasteiger partial charge is 0.378 e. The highest BCUT2D eigenvalue weighted by Crippen LogP contribution is 2.29. The first-order chi connectivity index (χ1) is 11.5. The van der Waals surface area contributed by atoms with Crippen molar-refractivity contribution in [1.29, 1.82) is 0 Å². The van der Waals surface area contributed by atoms with Crippen LogP contribution < -0.4 is 11.1 Å². The number of nitrogens with zero attached hydrogens (tertiary/aromatic N) is 1. The zero-order valence-corrected chi connectivity index (χ0v) is 14.3. The van der Waals surface area contributed by atoms with Gasteiger partial charge in [0.05, 0.1) is 29.3 Å². The molecule has 1 aliphatic carbocycles. The monoisotopic (exact) mass is 351 g/mol. The van der Waals surface area contributed by atoms with Gasteiger partial charge in [-0.1, -0.05) is 24.4 Å². The summed E-state index contributed by atoms with van der Waals surface area (Å²) in [4.78, 5) is 26.6. The van der Waals surface area contributed by atoms with E-state index in [2.05, 4.69) is 5.32 Å². The van der Waals surface area contributed by atoms with E-state index in [0.29, 0.717) is 55.4 Å². The van der Waals surface area contributed by atoms with Crippen LogP contribution in [0.4, 0.5) is 5.69 Å². The summed E-state index contributed by atoms with van der Waals surface area (Å²) in [7, 11) is 0. The first-order valence-corrected chi connectivity index (χ1v) is 8.64. The summed E-state index contributed by atoms with van der Waals surface area (Å²) in [5.74, 6) is -0.310. The van der Waals surface area contributed by atoms with Gasteiger partial charge in [0, 0.05) is 18.8 Å². The molecule has 0 bridgehead atoms. The predicted octanol–water partition coefficient (Wildman–Crippen LogP) is 2.02. The molecule has 0 unspecified atom stereocenters. The number of carbonyl (C=O) groups excluding carboxylic acids is 2. The molecule has 1 saturated heterocycles. The number of halogens is 1. The maximum atomic E-state index is 12.5. The minimum atomic E-state index is -0.797. The Morgan fingerprint density at radius 2 is 1.88 bits per heavy atom. The number of rotatable bonds is 3. The lowest BCUT2D eigenvalue weighted by Crippen LogP contribution is -2.48.